The average Bonchev–Trinajstić information content (AvgIpc) is 2.37. The van der Waals surface area contributed by atoms with Gasteiger partial charge in [0.1, 0.15) is 0 Å². The number of alkyl halides is 6. The van der Waals surface area contributed by atoms with E-state index in [0.717, 1.165) is 24.3 Å². The lowest BCUT2D eigenvalue weighted by molar-refractivity contribution is -0.137. The van der Waals surface area contributed by atoms with Crippen LogP contribution in [-0.2, 0) is 6.18 Å². The Morgan fingerprint density at radius 1 is 1.14 bits per heavy atom. The molecule has 1 aromatic rings. The van der Waals surface area contributed by atoms with Crippen molar-refractivity contribution in [3.8, 4) is 0 Å². The van der Waals surface area contributed by atoms with Crippen LogP contribution >= 0.6 is 9.24 Å². The zero-order valence-electron chi connectivity index (χ0n) is 11.9. The second-order valence-corrected chi connectivity index (χ2v) is 5.07. The molecule has 0 radical (unpaired) electrons. The van der Waals surface area contributed by atoms with E-state index in [2.05, 4.69) is 9.24 Å². The number of halogens is 6. The molecular formula is C15H15F6P. The predicted octanol–water partition coefficient (Wildman–Crippen LogP) is 5.78. The summed E-state index contributed by atoms with van der Waals surface area (Å²) in [5.74, 6) is 0. The molecule has 0 spiro atoms. The van der Waals surface area contributed by atoms with Gasteiger partial charge >= 0.3 is 12.4 Å². The van der Waals surface area contributed by atoms with Gasteiger partial charge in [-0.05, 0) is 37.2 Å². The molecule has 0 N–H and O–H groups in total. The summed E-state index contributed by atoms with van der Waals surface area (Å²) in [4.78, 5) is 0. The third-order valence-corrected chi connectivity index (χ3v) is 3.21. The Labute approximate surface area is 127 Å². The normalized spacial score (nSPS) is 14.4. The van der Waals surface area contributed by atoms with E-state index < -0.39 is 34.6 Å². The summed E-state index contributed by atoms with van der Waals surface area (Å²) in [5.41, 5.74) is -2.75. The van der Waals surface area contributed by atoms with Crippen LogP contribution in [0.2, 0.25) is 0 Å². The lowest BCUT2D eigenvalue weighted by Crippen LogP contribution is -2.17. The van der Waals surface area contributed by atoms with Crippen LogP contribution in [0.15, 0.2) is 35.9 Å². The van der Waals surface area contributed by atoms with Crippen molar-refractivity contribution < 1.29 is 26.3 Å². The molecule has 0 heterocycles. The molecule has 0 nitrogen and oxygen atoms in total. The van der Waals surface area contributed by atoms with Crippen LogP contribution in [0.5, 0.6) is 0 Å². The fourth-order valence-corrected chi connectivity index (χ4v) is 2.32. The molecule has 0 amide bonds. The van der Waals surface area contributed by atoms with Gasteiger partial charge in [0.2, 0.25) is 0 Å². The van der Waals surface area contributed by atoms with Crippen molar-refractivity contribution in [2.45, 2.75) is 26.2 Å². The summed E-state index contributed by atoms with van der Waals surface area (Å²) in [6.45, 7) is 2.75. The summed E-state index contributed by atoms with van der Waals surface area (Å²) < 4.78 is 78.8. The minimum absolute atomic E-state index is 0.0145. The fourth-order valence-electron chi connectivity index (χ4n) is 2.08. The SMILES string of the molecule is C/C=C(\C(=C/CP)C(F)(F)F)c1ccc(C)cc1C(F)(F)F. The fraction of sp³-hybridized carbons (Fsp3) is 0.333. The molecule has 0 aliphatic rings. The van der Waals surface area contributed by atoms with Gasteiger partial charge in [-0.1, -0.05) is 29.8 Å². The average molecular weight is 340 g/mol. The van der Waals surface area contributed by atoms with Gasteiger partial charge in [-0.15, -0.1) is 9.24 Å². The number of hydrogen-bond donors (Lipinski definition) is 0. The molecule has 0 fully saturated rings. The zero-order valence-corrected chi connectivity index (χ0v) is 13.1. The standard InChI is InChI=1S/C15H15F6P/c1-3-10(12(6-7-22)14(16,17)18)11-5-4-9(2)8-13(11)15(19,20)21/h3-6,8H,7,22H2,1-2H3/b10-3-,12-6+. The number of allylic oxidation sites excluding steroid dienone is 4. The third kappa shape index (κ3) is 4.35. The smallest absolute Gasteiger partial charge is 0.166 e. The minimum Gasteiger partial charge on any atom is -0.166 e. The van der Waals surface area contributed by atoms with Gasteiger partial charge in [0.05, 0.1) is 11.1 Å². The first-order valence-electron chi connectivity index (χ1n) is 6.34. The molecule has 22 heavy (non-hydrogen) atoms. The van der Waals surface area contributed by atoms with E-state index in [4.69, 9.17) is 0 Å². The Bertz CT molecular complexity index is 593. The van der Waals surface area contributed by atoms with Crippen LogP contribution in [0.1, 0.15) is 23.6 Å². The van der Waals surface area contributed by atoms with Gasteiger partial charge < -0.3 is 0 Å². The first-order chi connectivity index (χ1) is 10.0. The summed E-state index contributed by atoms with van der Waals surface area (Å²) in [6, 6.07) is 3.30. The monoisotopic (exact) mass is 340 g/mol. The highest BCUT2D eigenvalue weighted by Crippen LogP contribution is 2.42. The van der Waals surface area contributed by atoms with Crippen LogP contribution in [0.25, 0.3) is 5.57 Å². The maximum atomic E-state index is 13.1. The summed E-state index contributed by atoms with van der Waals surface area (Å²) in [5, 5.41) is 0. The number of aryl methyl sites for hydroxylation is 1. The highest BCUT2D eigenvalue weighted by Gasteiger charge is 2.39. The molecule has 0 aromatic heterocycles. The topological polar surface area (TPSA) is 0 Å². The van der Waals surface area contributed by atoms with Crippen LogP contribution in [-0.4, -0.2) is 12.3 Å². The first kappa shape index (κ1) is 18.8. The molecule has 0 aliphatic carbocycles. The van der Waals surface area contributed by atoms with Crippen molar-refractivity contribution in [2.24, 2.45) is 0 Å². The van der Waals surface area contributed by atoms with Gasteiger partial charge in [0, 0.05) is 0 Å². The Morgan fingerprint density at radius 3 is 2.14 bits per heavy atom. The van der Waals surface area contributed by atoms with Gasteiger partial charge in [0.15, 0.2) is 0 Å². The molecule has 122 valence electrons. The summed E-state index contributed by atoms with van der Waals surface area (Å²) in [6.07, 6.45) is -7.56. The van der Waals surface area contributed by atoms with E-state index in [1.54, 1.807) is 0 Å². The van der Waals surface area contributed by atoms with E-state index in [9.17, 15) is 26.3 Å². The van der Waals surface area contributed by atoms with Crippen LogP contribution < -0.4 is 0 Å². The Balaban J connectivity index is 3.61. The largest absolute Gasteiger partial charge is 0.417 e. The maximum Gasteiger partial charge on any atom is 0.417 e. The zero-order chi connectivity index (χ0) is 17.1. The van der Waals surface area contributed by atoms with Crippen LogP contribution in [0.3, 0.4) is 0 Å². The van der Waals surface area contributed by atoms with E-state index in [1.807, 2.05) is 0 Å². The Kier molecular flexibility index (Phi) is 5.85. The quantitative estimate of drug-likeness (QED) is 0.372. The molecule has 1 aromatic carbocycles. The molecule has 0 saturated carbocycles. The van der Waals surface area contributed by atoms with Crippen molar-refractivity contribution >= 4 is 14.8 Å². The molecule has 0 saturated heterocycles. The molecule has 1 atom stereocenters. The maximum absolute atomic E-state index is 13.1. The molecule has 1 rings (SSSR count). The number of benzene rings is 1. The van der Waals surface area contributed by atoms with Gasteiger partial charge in [0.25, 0.3) is 0 Å². The molecule has 7 heteroatoms. The van der Waals surface area contributed by atoms with Crippen molar-refractivity contribution in [3.63, 3.8) is 0 Å². The first-order valence-corrected chi connectivity index (χ1v) is 7.16. The highest BCUT2D eigenvalue weighted by atomic mass is 31.0. The Hall–Kier alpha value is -1.29. The lowest BCUT2D eigenvalue weighted by atomic mass is 9.91. The van der Waals surface area contributed by atoms with E-state index in [-0.39, 0.29) is 6.16 Å². The van der Waals surface area contributed by atoms with Gasteiger partial charge in [-0.3, -0.25) is 0 Å². The van der Waals surface area contributed by atoms with Crippen molar-refractivity contribution in [2.75, 3.05) is 6.16 Å². The predicted molar refractivity (Wildman–Crippen MR) is 78.5 cm³/mol. The van der Waals surface area contributed by atoms with Crippen molar-refractivity contribution in [1.29, 1.82) is 0 Å². The van der Waals surface area contributed by atoms with E-state index in [0.29, 0.717) is 5.56 Å². The Morgan fingerprint density at radius 2 is 1.73 bits per heavy atom. The molecule has 0 bridgehead atoms. The summed E-state index contributed by atoms with van der Waals surface area (Å²) >= 11 is 0. The number of rotatable bonds is 3. The molecule has 1 unspecified atom stereocenters. The van der Waals surface area contributed by atoms with Crippen LogP contribution in [0, 0.1) is 6.92 Å². The third-order valence-electron chi connectivity index (χ3n) is 2.98. The van der Waals surface area contributed by atoms with Crippen molar-refractivity contribution in [1.82, 2.24) is 0 Å². The van der Waals surface area contributed by atoms with E-state index >= 15 is 0 Å². The molecule has 0 aliphatic heterocycles. The second kappa shape index (κ2) is 6.86. The van der Waals surface area contributed by atoms with Crippen LogP contribution in [0.4, 0.5) is 26.3 Å². The highest BCUT2D eigenvalue weighted by molar-refractivity contribution is 7.16. The second-order valence-electron chi connectivity index (χ2n) is 4.60. The minimum atomic E-state index is -4.73. The van der Waals surface area contributed by atoms with Gasteiger partial charge in [-0.25, -0.2) is 0 Å². The van der Waals surface area contributed by atoms with Gasteiger partial charge in [-0.2, -0.15) is 26.3 Å². The van der Waals surface area contributed by atoms with Crippen molar-refractivity contribution in [3.05, 3.63) is 52.6 Å². The van der Waals surface area contributed by atoms with E-state index in [1.165, 1.54) is 19.9 Å². The lowest BCUT2D eigenvalue weighted by Gasteiger charge is -2.20. The molecular weight excluding hydrogens is 325 g/mol. The number of hydrogen-bond acceptors (Lipinski definition) is 0. The summed E-state index contributed by atoms with van der Waals surface area (Å²) in [7, 11) is 2.10.